The number of anilines is 2. The van der Waals surface area contributed by atoms with Crippen LogP contribution in [0.5, 0.6) is 0 Å². The van der Waals surface area contributed by atoms with Crippen molar-refractivity contribution in [3.05, 3.63) is 71.6 Å². The molecular weight excluding hydrogens is 456 g/mol. The number of carbonyl (C=O) groups is 1. The Balaban J connectivity index is 1.21. The maximum Gasteiger partial charge on any atom is 0.263 e. The number of carbonyl (C=O) groups excluding carboxylic acids is 1. The Morgan fingerprint density at radius 2 is 1.89 bits per heavy atom. The van der Waals surface area contributed by atoms with Gasteiger partial charge in [0.05, 0.1) is 6.20 Å². The van der Waals surface area contributed by atoms with E-state index < -0.39 is 0 Å². The summed E-state index contributed by atoms with van der Waals surface area (Å²) in [5, 5.41) is 5.45. The van der Waals surface area contributed by atoms with Crippen LogP contribution >= 0.6 is 11.3 Å². The molecule has 2 N–H and O–H groups in total. The van der Waals surface area contributed by atoms with Crippen LogP contribution in [0.2, 0.25) is 0 Å². The molecule has 1 aliphatic rings. The van der Waals surface area contributed by atoms with Crippen molar-refractivity contribution in [1.82, 2.24) is 20.3 Å². The summed E-state index contributed by atoms with van der Waals surface area (Å²) in [6.45, 7) is 5.81. The van der Waals surface area contributed by atoms with Crippen molar-refractivity contribution in [1.29, 1.82) is 0 Å². The number of rotatable bonds is 9. The van der Waals surface area contributed by atoms with Crippen LogP contribution in [-0.2, 0) is 6.42 Å². The summed E-state index contributed by atoms with van der Waals surface area (Å²) in [7, 11) is 0. The van der Waals surface area contributed by atoms with Crippen LogP contribution in [-0.4, -0.2) is 53.1 Å². The van der Waals surface area contributed by atoms with Crippen LogP contribution in [0.3, 0.4) is 0 Å². The van der Waals surface area contributed by atoms with Crippen molar-refractivity contribution in [2.75, 3.05) is 36.0 Å². The number of aromatic amines is 1. The number of aromatic nitrogens is 3. The Hall–Kier alpha value is -3.39. The summed E-state index contributed by atoms with van der Waals surface area (Å²) in [4.78, 5) is 30.5. The fourth-order valence-corrected chi connectivity index (χ4v) is 5.60. The van der Waals surface area contributed by atoms with E-state index in [1.807, 2.05) is 30.6 Å². The van der Waals surface area contributed by atoms with Gasteiger partial charge >= 0.3 is 0 Å². The third-order valence-electron chi connectivity index (χ3n) is 6.68. The number of amides is 1. The van der Waals surface area contributed by atoms with Gasteiger partial charge in [-0.25, -0.2) is 4.98 Å². The van der Waals surface area contributed by atoms with Crippen molar-refractivity contribution < 1.29 is 4.79 Å². The molecule has 1 atom stereocenters. The molecule has 4 heterocycles. The van der Waals surface area contributed by atoms with Crippen molar-refractivity contribution >= 4 is 39.0 Å². The largest absolute Gasteiger partial charge is 0.368 e. The zero-order valence-electron chi connectivity index (χ0n) is 20.1. The molecule has 1 saturated heterocycles. The van der Waals surface area contributed by atoms with E-state index >= 15 is 0 Å². The minimum atomic E-state index is -0.0230. The number of benzene rings is 1. The number of unbranched alkanes of at least 4 members (excludes halogenated alkanes) is 1. The van der Waals surface area contributed by atoms with Gasteiger partial charge in [-0.1, -0.05) is 49.3 Å². The Kier molecular flexibility index (Phi) is 7.28. The van der Waals surface area contributed by atoms with E-state index in [4.69, 9.17) is 0 Å². The number of nitrogens with zero attached hydrogens (tertiary/aromatic N) is 4. The van der Waals surface area contributed by atoms with Crippen LogP contribution in [0, 0.1) is 0 Å². The quantitative estimate of drug-likeness (QED) is 0.351. The first-order valence-corrected chi connectivity index (χ1v) is 13.2. The zero-order chi connectivity index (χ0) is 24.0. The van der Waals surface area contributed by atoms with E-state index in [1.165, 1.54) is 28.0 Å². The lowest BCUT2D eigenvalue weighted by atomic mass is 10.0. The van der Waals surface area contributed by atoms with Crippen LogP contribution in [0.1, 0.15) is 41.4 Å². The molecule has 1 unspecified atom stereocenters. The Morgan fingerprint density at radius 3 is 2.69 bits per heavy atom. The summed E-state index contributed by atoms with van der Waals surface area (Å²) < 4.78 is 0. The van der Waals surface area contributed by atoms with Crippen molar-refractivity contribution in [2.45, 2.75) is 38.6 Å². The average Bonchev–Trinajstić information content (AvgIpc) is 3.56. The lowest BCUT2D eigenvalue weighted by molar-refractivity contribution is 0.0938. The molecule has 7 nitrogen and oxygen atoms in total. The Labute approximate surface area is 210 Å². The molecule has 0 saturated carbocycles. The minimum absolute atomic E-state index is 0.0230. The Morgan fingerprint density at radius 1 is 1.11 bits per heavy atom. The van der Waals surface area contributed by atoms with Crippen LogP contribution in [0.15, 0.2) is 61.2 Å². The molecule has 0 spiro atoms. The number of hydrogen-bond donors (Lipinski definition) is 2. The third kappa shape index (κ3) is 5.48. The van der Waals surface area contributed by atoms with Gasteiger partial charge in [0, 0.05) is 67.4 Å². The average molecular weight is 489 g/mol. The van der Waals surface area contributed by atoms with E-state index in [1.54, 1.807) is 6.20 Å². The summed E-state index contributed by atoms with van der Waals surface area (Å²) >= 11 is 1.49. The van der Waals surface area contributed by atoms with Gasteiger partial charge in [0.2, 0.25) is 0 Å². The summed E-state index contributed by atoms with van der Waals surface area (Å²) in [5.74, 6) is -0.0230. The molecule has 1 aromatic carbocycles. The maximum absolute atomic E-state index is 13.2. The van der Waals surface area contributed by atoms with E-state index in [0.717, 1.165) is 62.5 Å². The molecule has 5 rings (SSSR count). The van der Waals surface area contributed by atoms with Gasteiger partial charge in [-0.05, 0) is 36.6 Å². The van der Waals surface area contributed by atoms with Crippen molar-refractivity contribution in [3.63, 3.8) is 0 Å². The number of pyridine rings is 1. The molecule has 1 fully saturated rings. The third-order valence-corrected chi connectivity index (χ3v) is 7.73. The normalized spacial score (nSPS) is 14.9. The minimum Gasteiger partial charge on any atom is -0.368 e. The van der Waals surface area contributed by atoms with Gasteiger partial charge in [-0.2, -0.15) is 0 Å². The highest BCUT2D eigenvalue weighted by Crippen LogP contribution is 2.26. The molecule has 3 aromatic heterocycles. The first-order chi connectivity index (χ1) is 17.2. The fraction of sp³-hybridized carbons (Fsp3) is 0.370. The number of piperazine rings is 1. The van der Waals surface area contributed by atoms with Gasteiger partial charge in [0.15, 0.2) is 5.13 Å². The molecule has 182 valence electrons. The highest BCUT2D eigenvalue weighted by atomic mass is 32.1. The smallest absolute Gasteiger partial charge is 0.263 e. The number of hydrogen-bond acceptors (Lipinski definition) is 6. The summed E-state index contributed by atoms with van der Waals surface area (Å²) in [5.41, 5.74) is 3.59. The van der Waals surface area contributed by atoms with Gasteiger partial charge in [-0.15, -0.1) is 0 Å². The van der Waals surface area contributed by atoms with E-state index in [2.05, 4.69) is 61.4 Å². The first kappa shape index (κ1) is 23.4. The Bertz CT molecular complexity index is 1240. The summed E-state index contributed by atoms with van der Waals surface area (Å²) in [6, 6.07) is 12.5. The molecule has 8 heteroatoms. The van der Waals surface area contributed by atoms with Crippen LogP contribution in [0.4, 0.5) is 10.8 Å². The second-order valence-electron chi connectivity index (χ2n) is 9.06. The number of fused-ring (bicyclic) bond motifs is 1. The van der Waals surface area contributed by atoms with Crippen molar-refractivity contribution in [2.24, 2.45) is 0 Å². The molecule has 0 radical (unpaired) electrons. The SMILES string of the molecule is CCCCC(Cc1c[nH]c2ccccc12)NC(=O)c1cnc(N2CCN(c3ccncc3)CC2)s1. The standard InChI is InChI=1S/C27H32N6OS/c1-2-3-6-21(17-20-18-29-24-8-5-4-7-23(20)24)31-26(34)25-19-30-27(35-25)33-15-13-32(14-16-33)22-9-11-28-12-10-22/h4-5,7-12,18-19,21,29H,2-3,6,13-17H2,1H3,(H,31,34). The second kappa shape index (κ2) is 10.9. The van der Waals surface area contributed by atoms with Crippen LogP contribution in [0.25, 0.3) is 10.9 Å². The molecule has 35 heavy (non-hydrogen) atoms. The lowest BCUT2D eigenvalue weighted by Crippen LogP contribution is -2.46. The number of nitrogens with one attached hydrogen (secondary N) is 2. The van der Waals surface area contributed by atoms with Gasteiger partial charge in [0.25, 0.3) is 5.91 Å². The monoisotopic (exact) mass is 488 g/mol. The molecule has 1 aliphatic heterocycles. The maximum atomic E-state index is 13.2. The van der Waals surface area contributed by atoms with Gasteiger partial charge < -0.3 is 20.1 Å². The zero-order valence-corrected chi connectivity index (χ0v) is 20.9. The lowest BCUT2D eigenvalue weighted by Gasteiger charge is -2.35. The number of thiazole rings is 1. The number of H-pyrrole nitrogens is 1. The predicted octanol–water partition coefficient (Wildman–Crippen LogP) is 4.88. The molecule has 4 aromatic rings. The molecule has 1 amide bonds. The first-order valence-electron chi connectivity index (χ1n) is 12.4. The van der Waals surface area contributed by atoms with E-state index in [-0.39, 0.29) is 11.9 Å². The molecular formula is C27H32N6OS. The van der Waals surface area contributed by atoms with E-state index in [0.29, 0.717) is 4.88 Å². The fourth-order valence-electron chi connectivity index (χ4n) is 4.73. The van der Waals surface area contributed by atoms with E-state index in [9.17, 15) is 4.79 Å². The van der Waals surface area contributed by atoms with Crippen LogP contribution < -0.4 is 15.1 Å². The van der Waals surface area contributed by atoms with Crippen molar-refractivity contribution in [3.8, 4) is 0 Å². The molecule has 0 aliphatic carbocycles. The topological polar surface area (TPSA) is 77.2 Å². The second-order valence-corrected chi connectivity index (χ2v) is 10.1. The highest BCUT2D eigenvalue weighted by Gasteiger charge is 2.22. The van der Waals surface area contributed by atoms with Gasteiger partial charge in [-0.3, -0.25) is 9.78 Å². The van der Waals surface area contributed by atoms with Gasteiger partial charge in [0.1, 0.15) is 4.88 Å². The highest BCUT2D eigenvalue weighted by molar-refractivity contribution is 7.17. The summed E-state index contributed by atoms with van der Waals surface area (Å²) in [6.07, 6.45) is 11.4. The number of para-hydroxylation sites is 1. The predicted molar refractivity (Wildman–Crippen MR) is 144 cm³/mol. The molecule has 0 bridgehead atoms.